The Hall–Kier alpha value is -2.63. The molecule has 20 heavy (non-hydrogen) atoms. The lowest BCUT2D eigenvalue weighted by atomic mass is 10.1. The topological polar surface area (TPSA) is 73.9 Å². The fraction of sp³-hybridized carbons (Fsp3) is 0.214. The molecule has 6 nitrogen and oxygen atoms in total. The molecule has 0 unspecified atom stereocenters. The number of carbonyl (C=O) groups excluding carboxylic acids is 1. The predicted octanol–water partition coefficient (Wildman–Crippen LogP) is 1.72. The minimum atomic E-state index is -0.213. The fourth-order valence-electron chi connectivity index (χ4n) is 2.17. The average molecular weight is 269 g/mol. The SMILES string of the molecule is C=C1NC(=O)N(C)c2nc(CCc3ccncc3)[nH]c21. The Morgan fingerprint density at radius 2 is 2.05 bits per heavy atom. The zero-order chi connectivity index (χ0) is 14.1. The number of anilines is 1. The van der Waals surface area contributed by atoms with E-state index in [9.17, 15) is 4.79 Å². The highest BCUT2D eigenvalue weighted by Crippen LogP contribution is 2.26. The van der Waals surface area contributed by atoms with E-state index in [0.717, 1.165) is 24.4 Å². The lowest BCUT2D eigenvalue weighted by Crippen LogP contribution is -2.40. The Kier molecular flexibility index (Phi) is 2.98. The molecule has 0 atom stereocenters. The van der Waals surface area contributed by atoms with Gasteiger partial charge in [0.1, 0.15) is 11.5 Å². The van der Waals surface area contributed by atoms with Gasteiger partial charge in [-0.15, -0.1) is 0 Å². The van der Waals surface area contributed by atoms with Gasteiger partial charge in [-0.05, 0) is 24.1 Å². The molecule has 1 aliphatic heterocycles. The van der Waals surface area contributed by atoms with Crippen LogP contribution >= 0.6 is 0 Å². The van der Waals surface area contributed by atoms with Crippen LogP contribution in [0.25, 0.3) is 5.70 Å². The molecule has 0 saturated heterocycles. The number of imidazole rings is 1. The summed E-state index contributed by atoms with van der Waals surface area (Å²) in [5.74, 6) is 1.47. The van der Waals surface area contributed by atoms with Crippen molar-refractivity contribution in [3.63, 3.8) is 0 Å². The Labute approximate surface area is 116 Å². The molecule has 3 heterocycles. The molecule has 0 fully saturated rings. The number of aromatic amines is 1. The van der Waals surface area contributed by atoms with Gasteiger partial charge in [-0.2, -0.15) is 0 Å². The molecule has 3 rings (SSSR count). The number of urea groups is 1. The lowest BCUT2D eigenvalue weighted by molar-refractivity contribution is 0.250. The van der Waals surface area contributed by atoms with Gasteiger partial charge in [0.05, 0.1) is 5.70 Å². The maximum atomic E-state index is 11.6. The smallest absolute Gasteiger partial charge is 0.327 e. The van der Waals surface area contributed by atoms with Crippen molar-refractivity contribution in [2.24, 2.45) is 0 Å². The van der Waals surface area contributed by atoms with Gasteiger partial charge in [0, 0.05) is 25.9 Å². The summed E-state index contributed by atoms with van der Waals surface area (Å²) >= 11 is 0. The van der Waals surface area contributed by atoms with E-state index in [1.165, 1.54) is 10.5 Å². The number of aromatic nitrogens is 3. The van der Waals surface area contributed by atoms with Crippen LogP contribution in [-0.4, -0.2) is 28.0 Å². The highest BCUT2D eigenvalue weighted by molar-refractivity contribution is 6.02. The zero-order valence-corrected chi connectivity index (χ0v) is 11.2. The van der Waals surface area contributed by atoms with Gasteiger partial charge in [0.2, 0.25) is 0 Å². The minimum absolute atomic E-state index is 0.213. The Balaban J connectivity index is 1.80. The van der Waals surface area contributed by atoms with Crippen LogP contribution in [0.2, 0.25) is 0 Å². The first-order valence-electron chi connectivity index (χ1n) is 6.37. The Morgan fingerprint density at radius 1 is 1.30 bits per heavy atom. The van der Waals surface area contributed by atoms with Gasteiger partial charge in [-0.25, -0.2) is 9.78 Å². The van der Waals surface area contributed by atoms with Crippen LogP contribution in [0, 0.1) is 0 Å². The van der Waals surface area contributed by atoms with Crippen molar-refractivity contribution in [2.45, 2.75) is 12.8 Å². The molecule has 0 aromatic carbocycles. The molecule has 0 bridgehead atoms. The number of amides is 2. The Bertz CT molecular complexity index is 661. The zero-order valence-electron chi connectivity index (χ0n) is 11.2. The number of hydrogen-bond acceptors (Lipinski definition) is 3. The number of nitrogens with zero attached hydrogens (tertiary/aromatic N) is 3. The van der Waals surface area contributed by atoms with E-state index >= 15 is 0 Å². The van der Waals surface area contributed by atoms with Crippen LogP contribution in [0.15, 0.2) is 31.1 Å². The van der Waals surface area contributed by atoms with Crippen molar-refractivity contribution in [3.05, 3.63) is 48.2 Å². The van der Waals surface area contributed by atoms with Gasteiger partial charge in [-0.1, -0.05) is 6.58 Å². The molecule has 102 valence electrons. The monoisotopic (exact) mass is 269 g/mol. The molecule has 1 aliphatic rings. The van der Waals surface area contributed by atoms with Crippen molar-refractivity contribution in [1.82, 2.24) is 20.3 Å². The van der Waals surface area contributed by atoms with Gasteiger partial charge in [-0.3, -0.25) is 9.88 Å². The van der Waals surface area contributed by atoms with E-state index in [4.69, 9.17) is 0 Å². The second-order valence-corrected chi connectivity index (χ2v) is 4.71. The number of aryl methyl sites for hydroxylation is 2. The van der Waals surface area contributed by atoms with E-state index in [-0.39, 0.29) is 6.03 Å². The van der Waals surface area contributed by atoms with Crippen LogP contribution in [0.4, 0.5) is 10.6 Å². The minimum Gasteiger partial charge on any atom is -0.339 e. The highest BCUT2D eigenvalue weighted by Gasteiger charge is 2.26. The molecule has 2 aromatic heterocycles. The number of H-pyrrole nitrogens is 1. The largest absolute Gasteiger partial charge is 0.339 e. The number of fused-ring (bicyclic) bond motifs is 1. The summed E-state index contributed by atoms with van der Waals surface area (Å²) in [7, 11) is 1.69. The molecule has 0 spiro atoms. The Morgan fingerprint density at radius 3 is 2.80 bits per heavy atom. The third-order valence-corrected chi connectivity index (χ3v) is 3.32. The average Bonchev–Trinajstić information content (AvgIpc) is 2.89. The number of carbonyl (C=O) groups is 1. The van der Waals surface area contributed by atoms with Gasteiger partial charge in [0.15, 0.2) is 5.82 Å². The summed E-state index contributed by atoms with van der Waals surface area (Å²) in [4.78, 5) is 24.8. The van der Waals surface area contributed by atoms with Crippen LogP contribution < -0.4 is 10.2 Å². The highest BCUT2D eigenvalue weighted by atomic mass is 16.2. The number of pyridine rings is 1. The second-order valence-electron chi connectivity index (χ2n) is 4.71. The van der Waals surface area contributed by atoms with Crippen molar-refractivity contribution >= 4 is 17.5 Å². The third kappa shape index (κ3) is 2.16. The summed E-state index contributed by atoms with van der Waals surface area (Å²) in [5, 5.41) is 2.69. The molecule has 0 saturated carbocycles. The maximum absolute atomic E-state index is 11.6. The van der Waals surface area contributed by atoms with Crippen LogP contribution in [0.3, 0.4) is 0 Å². The summed E-state index contributed by atoms with van der Waals surface area (Å²) in [6, 6.07) is 3.76. The summed E-state index contributed by atoms with van der Waals surface area (Å²) in [5.41, 5.74) is 2.54. The lowest BCUT2D eigenvalue weighted by Gasteiger charge is -2.23. The number of rotatable bonds is 3. The molecule has 0 radical (unpaired) electrons. The fourth-order valence-corrected chi connectivity index (χ4v) is 2.17. The summed E-state index contributed by atoms with van der Waals surface area (Å²) < 4.78 is 0. The van der Waals surface area contributed by atoms with Gasteiger partial charge in [0.25, 0.3) is 0 Å². The van der Waals surface area contributed by atoms with E-state index in [1.807, 2.05) is 12.1 Å². The quantitative estimate of drug-likeness (QED) is 0.891. The van der Waals surface area contributed by atoms with E-state index in [0.29, 0.717) is 11.5 Å². The first-order valence-corrected chi connectivity index (χ1v) is 6.37. The van der Waals surface area contributed by atoms with Crippen LogP contribution in [0.5, 0.6) is 0 Å². The van der Waals surface area contributed by atoms with Crippen LogP contribution in [0.1, 0.15) is 17.1 Å². The number of hydrogen-bond donors (Lipinski definition) is 2. The molecule has 0 aliphatic carbocycles. The summed E-state index contributed by atoms with van der Waals surface area (Å²) in [6.07, 6.45) is 5.19. The van der Waals surface area contributed by atoms with Crippen molar-refractivity contribution < 1.29 is 4.79 Å². The van der Waals surface area contributed by atoms with Crippen LogP contribution in [-0.2, 0) is 12.8 Å². The molecular formula is C14H15N5O. The number of nitrogens with one attached hydrogen (secondary N) is 2. The summed E-state index contributed by atoms with van der Waals surface area (Å²) in [6.45, 7) is 3.83. The normalized spacial score (nSPS) is 14.2. The third-order valence-electron chi connectivity index (χ3n) is 3.32. The molecule has 2 aromatic rings. The molecule has 2 amide bonds. The van der Waals surface area contributed by atoms with Gasteiger partial charge < -0.3 is 10.3 Å². The molecular weight excluding hydrogens is 254 g/mol. The maximum Gasteiger partial charge on any atom is 0.327 e. The van der Waals surface area contributed by atoms with Crippen molar-refractivity contribution in [2.75, 3.05) is 11.9 Å². The molecule has 2 N–H and O–H groups in total. The van der Waals surface area contributed by atoms with Gasteiger partial charge >= 0.3 is 6.03 Å². The first-order chi connectivity index (χ1) is 9.65. The van der Waals surface area contributed by atoms with E-state index < -0.39 is 0 Å². The predicted molar refractivity (Wildman–Crippen MR) is 76.2 cm³/mol. The van der Waals surface area contributed by atoms with E-state index in [1.54, 1.807) is 19.4 Å². The second kappa shape index (κ2) is 4.80. The standard InChI is InChI=1S/C14H15N5O/c1-9-12-13(19(2)14(20)16-9)18-11(17-12)4-3-10-5-7-15-8-6-10/h5-8H,1,3-4H2,2H3,(H,16,20)(H,17,18). The van der Waals surface area contributed by atoms with E-state index in [2.05, 4.69) is 26.8 Å². The van der Waals surface area contributed by atoms with Crippen molar-refractivity contribution in [1.29, 1.82) is 0 Å². The van der Waals surface area contributed by atoms with Crippen molar-refractivity contribution in [3.8, 4) is 0 Å². The molecule has 6 heteroatoms. The first kappa shape index (κ1) is 12.4.